The zero-order chi connectivity index (χ0) is 8.91. The molecule has 2 nitrogen and oxygen atoms in total. The van der Waals surface area contributed by atoms with Gasteiger partial charge in [0.2, 0.25) is 0 Å². The minimum absolute atomic E-state index is 0.260. The molecule has 0 aliphatic carbocycles. The highest BCUT2D eigenvalue weighted by Crippen LogP contribution is 2.23. The topological polar surface area (TPSA) is 26.3 Å². The molecule has 1 atom stereocenters. The van der Waals surface area contributed by atoms with Gasteiger partial charge < -0.3 is 4.74 Å². The van der Waals surface area contributed by atoms with Crippen LogP contribution in [0.3, 0.4) is 0 Å². The van der Waals surface area contributed by atoms with Crippen LogP contribution in [0.2, 0.25) is 0 Å². The fourth-order valence-electron chi connectivity index (χ4n) is 1.13. The second kappa shape index (κ2) is 4.50. The second-order valence-electron chi connectivity index (χ2n) is 3.12. The van der Waals surface area contributed by atoms with Gasteiger partial charge in [-0.25, -0.2) is 0 Å². The van der Waals surface area contributed by atoms with E-state index in [1.165, 1.54) is 0 Å². The van der Waals surface area contributed by atoms with Crippen molar-refractivity contribution in [1.29, 1.82) is 0 Å². The summed E-state index contributed by atoms with van der Waals surface area (Å²) in [6, 6.07) is 0. The molecule has 1 unspecified atom stereocenters. The van der Waals surface area contributed by atoms with Gasteiger partial charge in [-0.15, -0.1) is 0 Å². The molecule has 0 rings (SSSR count). The largest absolute Gasteiger partial charge is 0.384 e. The third kappa shape index (κ3) is 2.62. The number of Topliss-reactive ketones (excluding diaryl/α,β-unsaturated/α-hetero) is 1. The average molecular weight is 158 g/mol. The third-order valence-corrected chi connectivity index (χ3v) is 2.24. The van der Waals surface area contributed by atoms with Crippen molar-refractivity contribution in [2.75, 3.05) is 13.7 Å². The molecule has 0 saturated heterocycles. The van der Waals surface area contributed by atoms with Gasteiger partial charge in [0.05, 0.1) is 6.61 Å². The number of hydrogen-bond donors (Lipinski definition) is 0. The van der Waals surface area contributed by atoms with E-state index >= 15 is 0 Å². The Kier molecular flexibility index (Phi) is 4.34. The van der Waals surface area contributed by atoms with Crippen molar-refractivity contribution in [2.24, 2.45) is 5.41 Å². The van der Waals surface area contributed by atoms with Crippen LogP contribution in [-0.2, 0) is 9.53 Å². The predicted molar refractivity (Wildman–Crippen MR) is 45.6 cm³/mol. The smallest absolute Gasteiger partial charge is 0.140 e. The molecular weight excluding hydrogens is 140 g/mol. The summed E-state index contributed by atoms with van der Waals surface area (Å²) in [5, 5.41) is 0. The van der Waals surface area contributed by atoms with Crippen LogP contribution in [0.1, 0.15) is 33.6 Å². The Morgan fingerprint density at radius 3 is 2.27 bits per heavy atom. The lowest BCUT2D eigenvalue weighted by molar-refractivity contribution is -0.130. The van der Waals surface area contributed by atoms with Crippen molar-refractivity contribution in [1.82, 2.24) is 0 Å². The molecule has 11 heavy (non-hydrogen) atoms. The maximum absolute atomic E-state index is 11.4. The molecule has 0 radical (unpaired) electrons. The van der Waals surface area contributed by atoms with E-state index in [1.54, 1.807) is 7.11 Å². The maximum Gasteiger partial charge on any atom is 0.140 e. The Labute approximate surface area is 68.9 Å². The van der Waals surface area contributed by atoms with E-state index < -0.39 is 0 Å². The van der Waals surface area contributed by atoms with Crippen LogP contribution >= 0.6 is 0 Å². The first-order chi connectivity index (χ1) is 5.10. The summed E-state index contributed by atoms with van der Waals surface area (Å²) in [5.74, 6) is 0.293. The van der Waals surface area contributed by atoms with Crippen LogP contribution in [0.4, 0.5) is 0 Å². The van der Waals surface area contributed by atoms with E-state index in [4.69, 9.17) is 4.74 Å². The summed E-state index contributed by atoms with van der Waals surface area (Å²) in [7, 11) is 1.64. The van der Waals surface area contributed by atoms with Gasteiger partial charge >= 0.3 is 0 Å². The normalized spacial score (nSPS) is 16.0. The third-order valence-electron chi connectivity index (χ3n) is 2.24. The van der Waals surface area contributed by atoms with Crippen LogP contribution in [0.25, 0.3) is 0 Å². The van der Waals surface area contributed by atoms with Crippen molar-refractivity contribution in [3.63, 3.8) is 0 Å². The summed E-state index contributed by atoms with van der Waals surface area (Å²) in [6.07, 6.45) is 1.46. The lowest BCUT2D eigenvalue weighted by Crippen LogP contribution is -2.31. The Hall–Kier alpha value is -0.370. The molecule has 0 aromatic heterocycles. The molecule has 0 aromatic carbocycles. The lowest BCUT2D eigenvalue weighted by atomic mass is 9.83. The Morgan fingerprint density at radius 2 is 2.00 bits per heavy atom. The standard InChI is InChI=1S/C9H18O2/c1-5-8(10)9(3,6-2)7-11-4/h5-7H2,1-4H3. The molecule has 0 spiro atoms. The highest BCUT2D eigenvalue weighted by Gasteiger charge is 2.29. The van der Waals surface area contributed by atoms with Gasteiger partial charge in [-0.3, -0.25) is 4.79 Å². The number of carbonyl (C=O) groups is 1. The highest BCUT2D eigenvalue weighted by molar-refractivity contribution is 5.84. The molecule has 2 heteroatoms. The molecule has 66 valence electrons. The number of carbonyl (C=O) groups excluding carboxylic acids is 1. The lowest BCUT2D eigenvalue weighted by Gasteiger charge is -2.24. The van der Waals surface area contributed by atoms with Crippen LogP contribution in [0.5, 0.6) is 0 Å². The van der Waals surface area contributed by atoms with Gasteiger partial charge in [0, 0.05) is 18.9 Å². The quantitative estimate of drug-likeness (QED) is 0.612. The number of hydrogen-bond acceptors (Lipinski definition) is 2. The molecule has 0 bridgehead atoms. The SMILES string of the molecule is CCC(=O)C(C)(CC)COC. The summed E-state index contributed by atoms with van der Waals surface area (Å²) in [4.78, 5) is 11.4. The zero-order valence-corrected chi connectivity index (χ0v) is 7.94. The molecule has 0 heterocycles. The van der Waals surface area contributed by atoms with Gasteiger partial charge in [-0.2, -0.15) is 0 Å². The average Bonchev–Trinajstić information content (AvgIpc) is 2.03. The zero-order valence-electron chi connectivity index (χ0n) is 7.94. The molecule has 0 aliphatic rings. The minimum atomic E-state index is -0.260. The van der Waals surface area contributed by atoms with Gasteiger partial charge in [0.15, 0.2) is 0 Å². The van der Waals surface area contributed by atoms with Gasteiger partial charge in [0.1, 0.15) is 5.78 Å². The van der Waals surface area contributed by atoms with E-state index in [2.05, 4.69) is 0 Å². The van der Waals surface area contributed by atoms with Crippen LogP contribution < -0.4 is 0 Å². The Balaban J connectivity index is 4.19. The van der Waals surface area contributed by atoms with E-state index in [-0.39, 0.29) is 5.41 Å². The van der Waals surface area contributed by atoms with Gasteiger partial charge in [-0.05, 0) is 6.42 Å². The maximum atomic E-state index is 11.4. The summed E-state index contributed by atoms with van der Waals surface area (Å²) >= 11 is 0. The van der Waals surface area contributed by atoms with Crippen molar-refractivity contribution in [3.05, 3.63) is 0 Å². The van der Waals surface area contributed by atoms with E-state index in [9.17, 15) is 4.79 Å². The molecular formula is C9H18O2. The first-order valence-corrected chi connectivity index (χ1v) is 4.13. The van der Waals surface area contributed by atoms with Crippen LogP contribution in [0, 0.1) is 5.41 Å². The summed E-state index contributed by atoms with van der Waals surface area (Å²) in [6.45, 7) is 6.41. The van der Waals surface area contributed by atoms with Crippen LogP contribution in [-0.4, -0.2) is 19.5 Å². The number of methoxy groups -OCH3 is 1. The monoisotopic (exact) mass is 158 g/mol. The van der Waals surface area contributed by atoms with Crippen molar-refractivity contribution in [3.8, 4) is 0 Å². The number of ether oxygens (including phenoxy) is 1. The molecule has 0 amide bonds. The molecule has 0 N–H and O–H groups in total. The molecule has 0 saturated carbocycles. The van der Waals surface area contributed by atoms with Crippen molar-refractivity contribution in [2.45, 2.75) is 33.6 Å². The molecule has 0 aromatic rings. The summed E-state index contributed by atoms with van der Waals surface area (Å²) < 4.78 is 5.00. The number of rotatable bonds is 5. The van der Waals surface area contributed by atoms with Gasteiger partial charge in [0.25, 0.3) is 0 Å². The first kappa shape index (κ1) is 10.6. The van der Waals surface area contributed by atoms with Crippen molar-refractivity contribution >= 4 is 5.78 Å². The minimum Gasteiger partial charge on any atom is -0.384 e. The van der Waals surface area contributed by atoms with E-state index in [0.29, 0.717) is 18.8 Å². The molecule has 0 fully saturated rings. The highest BCUT2D eigenvalue weighted by atomic mass is 16.5. The van der Waals surface area contributed by atoms with Crippen molar-refractivity contribution < 1.29 is 9.53 Å². The Bertz CT molecular complexity index is 132. The fraction of sp³-hybridized carbons (Fsp3) is 0.889. The van der Waals surface area contributed by atoms with Gasteiger partial charge in [-0.1, -0.05) is 20.8 Å². The summed E-state index contributed by atoms with van der Waals surface area (Å²) in [5.41, 5.74) is -0.260. The van der Waals surface area contributed by atoms with Crippen LogP contribution in [0.15, 0.2) is 0 Å². The Morgan fingerprint density at radius 1 is 1.45 bits per heavy atom. The second-order valence-corrected chi connectivity index (χ2v) is 3.12. The predicted octanol–water partition coefficient (Wildman–Crippen LogP) is 2.03. The fourth-order valence-corrected chi connectivity index (χ4v) is 1.13. The van der Waals surface area contributed by atoms with E-state index in [0.717, 1.165) is 6.42 Å². The molecule has 0 aliphatic heterocycles. The van der Waals surface area contributed by atoms with E-state index in [1.807, 2.05) is 20.8 Å². The number of ketones is 1. The first-order valence-electron chi connectivity index (χ1n) is 4.13.